The van der Waals surface area contributed by atoms with Gasteiger partial charge >= 0.3 is 5.97 Å². The molecule has 0 aliphatic carbocycles. The average molecular weight is 370 g/mol. The quantitative estimate of drug-likeness (QED) is 0.623. The SMILES string of the molecule is CC(=O)c1c(C)[nH]c(C(=O)OCC(=O)N[C@H]2CCOc3ccccc32)c1C. The summed E-state index contributed by atoms with van der Waals surface area (Å²) in [7, 11) is 0. The van der Waals surface area contributed by atoms with Gasteiger partial charge in [-0.2, -0.15) is 0 Å². The third-order valence-electron chi connectivity index (χ3n) is 4.62. The van der Waals surface area contributed by atoms with E-state index in [9.17, 15) is 14.4 Å². The van der Waals surface area contributed by atoms with Crippen molar-refractivity contribution in [3.63, 3.8) is 0 Å². The summed E-state index contributed by atoms with van der Waals surface area (Å²) in [6.07, 6.45) is 0.646. The second-order valence-electron chi connectivity index (χ2n) is 6.55. The average Bonchev–Trinajstić information content (AvgIpc) is 2.94. The number of benzene rings is 1. The van der Waals surface area contributed by atoms with Crippen molar-refractivity contribution >= 4 is 17.7 Å². The summed E-state index contributed by atoms with van der Waals surface area (Å²) in [5.74, 6) is -0.431. The summed E-state index contributed by atoms with van der Waals surface area (Å²) in [6.45, 7) is 4.95. The fourth-order valence-corrected chi connectivity index (χ4v) is 3.41. The summed E-state index contributed by atoms with van der Waals surface area (Å²) in [5.41, 5.74) is 2.72. The number of hydrogen-bond acceptors (Lipinski definition) is 5. The van der Waals surface area contributed by atoms with Gasteiger partial charge in [0.2, 0.25) is 0 Å². The Hall–Kier alpha value is -3.09. The molecule has 0 fully saturated rings. The number of fused-ring (bicyclic) bond motifs is 1. The van der Waals surface area contributed by atoms with E-state index in [1.54, 1.807) is 13.8 Å². The summed E-state index contributed by atoms with van der Waals surface area (Å²) in [4.78, 5) is 39.0. The number of carbonyl (C=O) groups is 3. The minimum absolute atomic E-state index is 0.128. The van der Waals surface area contributed by atoms with Gasteiger partial charge in [-0.25, -0.2) is 4.79 Å². The highest BCUT2D eigenvalue weighted by Crippen LogP contribution is 2.31. The molecule has 27 heavy (non-hydrogen) atoms. The number of ketones is 1. The maximum atomic E-state index is 12.3. The van der Waals surface area contributed by atoms with Crippen LogP contribution in [0, 0.1) is 13.8 Å². The molecular formula is C20H22N2O5. The van der Waals surface area contributed by atoms with Gasteiger partial charge in [-0.3, -0.25) is 9.59 Å². The van der Waals surface area contributed by atoms with Gasteiger partial charge < -0.3 is 19.8 Å². The van der Waals surface area contributed by atoms with Crippen LogP contribution in [0.2, 0.25) is 0 Å². The predicted octanol–water partition coefficient (Wildman–Crippen LogP) is 2.63. The molecule has 2 N–H and O–H groups in total. The van der Waals surface area contributed by atoms with Gasteiger partial charge in [0.1, 0.15) is 11.4 Å². The molecule has 1 aliphatic rings. The molecule has 3 rings (SSSR count). The zero-order valence-electron chi connectivity index (χ0n) is 15.5. The topological polar surface area (TPSA) is 97.5 Å². The van der Waals surface area contributed by atoms with Gasteiger partial charge in [-0.05, 0) is 32.4 Å². The van der Waals surface area contributed by atoms with Crippen molar-refractivity contribution in [3.05, 3.63) is 52.3 Å². The van der Waals surface area contributed by atoms with Gasteiger partial charge in [-0.15, -0.1) is 0 Å². The first-order valence-electron chi connectivity index (χ1n) is 8.76. The number of esters is 1. The number of para-hydroxylation sites is 1. The van der Waals surface area contributed by atoms with E-state index in [0.717, 1.165) is 11.3 Å². The van der Waals surface area contributed by atoms with Gasteiger partial charge in [0.25, 0.3) is 5.91 Å². The number of aromatic nitrogens is 1. The van der Waals surface area contributed by atoms with Crippen LogP contribution in [-0.2, 0) is 9.53 Å². The number of aromatic amines is 1. The van der Waals surface area contributed by atoms with Crippen LogP contribution < -0.4 is 10.1 Å². The van der Waals surface area contributed by atoms with E-state index in [0.29, 0.717) is 29.8 Å². The molecule has 1 aromatic carbocycles. The molecule has 0 spiro atoms. The molecule has 142 valence electrons. The molecule has 0 saturated carbocycles. The zero-order chi connectivity index (χ0) is 19.6. The van der Waals surface area contributed by atoms with Crippen molar-refractivity contribution in [2.24, 2.45) is 0 Å². The van der Waals surface area contributed by atoms with Crippen molar-refractivity contribution < 1.29 is 23.9 Å². The molecule has 0 unspecified atom stereocenters. The van der Waals surface area contributed by atoms with E-state index in [-0.39, 0.29) is 17.5 Å². The van der Waals surface area contributed by atoms with Crippen LogP contribution in [0.4, 0.5) is 0 Å². The second-order valence-corrected chi connectivity index (χ2v) is 6.55. The summed E-state index contributed by atoms with van der Waals surface area (Å²) >= 11 is 0. The predicted molar refractivity (Wildman–Crippen MR) is 98.0 cm³/mol. The Kier molecular flexibility index (Phi) is 5.30. The molecular weight excluding hydrogens is 348 g/mol. The van der Waals surface area contributed by atoms with Crippen molar-refractivity contribution in [2.45, 2.75) is 33.2 Å². The van der Waals surface area contributed by atoms with Gasteiger partial charge in [0, 0.05) is 23.2 Å². The van der Waals surface area contributed by atoms with Crippen LogP contribution in [0.15, 0.2) is 24.3 Å². The third-order valence-corrected chi connectivity index (χ3v) is 4.62. The van der Waals surface area contributed by atoms with Crippen LogP contribution >= 0.6 is 0 Å². The summed E-state index contributed by atoms with van der Waals surface area (Å²) in [6, 6.07) is 7.34. The number of hydrogen-bond donors (Lipinski definition) is 2. The number of H-pyrrole nitrogens is 1. The lowest BCUT2D eigenvalue weighted by atomic mass is 10.0. The van der Waals surface area contributed by atoms with Gasteiger partial charge in [0.05, 0.1) is 12.6 Å². The molecule has 7 nitrogen and oxygen atoms in total. The first kappa shape index (κ1) is 18.7. The number of Topliss-reactive ketones (excluding diaryl/α,β-unsaturated/α-hetero) is 1. The largest absolute Gasteiger partial charge is 0.493 e. The van der Waals surface area contributed by atoms with E-state index in [4.69, 9.17) is 9.47 Å². The standard InChI is InChI=1S/C20H22N2O5/c1-11-18(13(3)23)12(2)21-19(11)20(25)27-10-17(24)22-15-8-9-26-16-7-5-4-6-14(15)16/h4-7,15,21H,8-10H2,1-3H3,(H,22,24)/t15-/m0/s1. The first-order valence-corrected chi connectivity index (χ1v) is 8.76. The fraction of sp³-hybridized carbons (Fsp3) is 0.350. The smallest absolute Gasteiger partial charge is 0.355 e. The summed E-state index contributed by atoms with van der Waals surface area (Å²) in [5, 5.41) is 2.87. The normalized spacial score (nSPS) is 15.4. The van der Waals surface area contributed by atoms with Crippen molar-refractivity contribution in [1.29, 1.82) is 0 Å². The Morgan fingerprint density at radius 3 is 2.70 bits per heavy atom. The highest BCUT2D eigenvalue weighted by atomic mass is 16.5. The number of amides is 1. The number of aryl methyl sites for hydroxylation is 1. The fourth-order valence-electron chi connectivity index (χ4n) is 3.41. The Morgan fingerprint density at radius 1 is 1.26 bits per heavy atom. The third kappa shape index (κ3) is 3.86. The van der Waals surface area contributed by atoms with Crippen molar-refractivity contribution in [1.82, 2.24) is 10.3 Å². The molecule has 2 heterocycles. The van der Waals surface area contributed by atoms with Crippen LogP contribution in [0.5, 0.6) is 5.75 Å². The zero-order valence-corrected chi connectivity index (χ0v) is 15.5. The maximum Gasteiger partial charge on any atom is 0.355 e. The number of rotatable bonds is 5. The van der Waals surface area contributed by atoms with Crippen molar-refractivity contribution in [3.8, 4) is 5.75 Å². The molecule has 1 amide bonds. The second kappa shape index (κ2) is 7.65. The molecule has 0 bridgehead atoms. The van der Waals surface area contributed by atoms with E-state index in [1.165, 1.54) is 6.92 Å². The van der Waals surface area contributed by atoms with Gasteiger partial charge in [-0.1, -0.05) is 18.2 Å². The van der Waals surface area contributed by atoms with Crippen LogP contribution in [0.3, 0.4) is 0 Å². The molecule has 7 heteroatoms. The van der Waals surface area contributed by atoms with E-state index >= 15 is 0 Å². The van der Waals surface area contributed by atoms with E-state index < -0.39 is 18.5 Å². The molecule has 1 atom stereocenters. The molecule has 1 aromatic heterocycles. The Labute approximate surface area is 157 Å². The Morgan fingerprint density at radius 2 is 2.00 bits per heavy atom. The van der Waals surface area contributed by atoms with E-state index in [2.05, 4.69) is 10.3 Å². The van der Waals surface area contributed by atoms with Crippen molar-refractivity contribution in [2.75, 3.05) is 13.2 Å². The lowest BCUT2D eigenvalue weighted by Gasteiger charge is -2.26. The van der Waals surface area contributed by atoms with Crippen LogP contribution in [-0.4, -0.2) is 35.9 Å². The summed E-state index contributed by atoms with van der Waals surface area (Å²) < 4.78 is 10.7. The van der Waals surface area contributed by atoms with Crippen LogP contribution in [0.1, 0.15) is 57.1 Å². The molecule has 0 radical (unpaired) electrons. The maximum absolute atomic E-state index is 12.3. The minimum atomic E-state index is -0.661. The van der Waals surface area contributed by atoms with Crippen LogP contribution in [0.25, 0.3) is 0 Å². The lowest BCUT2D eigenvalue weighted by molar-refractivity contribution is -0.125. The van der Waals surface area contributed by atoms with E-state index in [1.807, 2.05) is 24.3 Å². The Bertz CT molecular complexity index is 900. The number of carbonyl (C=O) groups excluding carboxylic acids is 3. The highest BCUT2D eigenvalue weighted by Gasteiger charge is 2.24. The Balaban J connectivity index is 1.61. The number of nitrogens with one attached hydrogen (secondary N) is 2. The monoisotopic (exact) mass is 370 g/mol. The first-order chi connectivity index (χ1) is 12.9. The molecule has 1 aliphatic heterocycles. The molecule has 2 aromatic rings. The van der Waals surface area contributed by atoms with Gasteiger partial charge in [0.15, 0.2) is 12.4 Å². The lowest BCUT2D eigenvalue weighted by Crippen LogP contribution is -2.35. The molecule has 0 saturated heterocycles. The number of ether oxygens (including phenoxy) is 2. The highest BCUT2D eigenvalue weighted by molar-refractivity contribution is 6.01. The minimum Gasteiger partial charge on any atom is -0.493 e.